The molecule has 0 aromatic rings. The van der Waals surface area contributed by atoms with Gasteiger partial charge >= 0.3 is 5.97 Å². The predicted octanol–water partition coefficient (Wildman–Crippen LogP) is 0.605. The lowest BCUT2D eigenvalue weighted by atomic mass is 10.1. The molecule has 3 nitrogen and oxygen atoms in total. The fourth-order valence-corrected chi connectivity index (χ4v) is 1.41. The quantitative estimate of drug-likeness (QED) is 0.588. The van der Waals surface area contributed by atoms with Crippen molar-refractivity contribution in [2.75, 3.05) is 5.75 Å². The van der Waals surface area contributed by atoms with Crippen molar-refractivity contribution in [1.29, 1.82) is 0 Å². The van der Waals surface area contributed by atoms with Crippen molar-refractivity contribution >= 4 is 23.3 Å². The molecule has 50 valence electrons. The summed E-state index contributed by atoms with van der Waals surface area (Å²) in [5.74, 6) is -0.286. The third-order valence-corrected chi connectivity index (χ3v) is 2.22. The fourth-order valence-electron chi connectivity index (χ4n) is 0.507. The third-order valence-electron chi connectivity index (χ3n) is 1.24. The highest BCUT2D eigenvalue weighted by atomic mass is 32.2. The second-order valence-electron chi connectivity index (χ2n) is 2.12. The second kappa shape index (κ2) is 2.02. The lowest BCUT2D eigenvalue weighted by Gasteiger charge is -2.11. The Morgan fingerprint density at radius 2 is 2.67 bits per heavy atom. The van der Waals surface area contributed by atoms with E-state index in [1.807, 2.05) is 0 Å². The minimum atomic E-state index is -0.856. The number of hydrogen-bond acceptors (Lipinski definition) is 3. The standard InChI is InChI=1S/C5H7NO2S/c1-5(4(7)8)2-9-3-6-5/h3H,2H2,1H3,(H,7,8). The number of carboxylic acid groups (broad SMARTS) is 1. The molecule has 1 aliphatic heterocycles. The monoisotopic (exact) mass is 145 g/mol. The molecule has 0 amide bonds. The molecule has 1 rings (SSSR count). The maximum absolute atomic E-state index is 10.4. The van der Waals surface area contributed by atoms with E-state index in [4.69, 9.17) is 5.11 Å². The van der Waals surface area contributed by atoms with Gasteiger partial charge in [0.2, 0.25) is 0 Å². The summed E-state index contributed by atoms with van der Waals surface area (Å²) in [6.07, 6.45) is 0. The van der Waals surface area contributed by atoms with Crippen LogP contribution in [0.25, 0.3) is 0 Å². The molecule has 0 aliphatic carbocycles. The minimum absolute atomic E-state index is 0.558. The molecule has 0 bridgehead atoms. The van der Waals surface area contributed by atoms with Crippen LogP contribution in [-0.2, 0) is 4.79 Å². The first-order chi connectivity index (χ1) is 4.15. The van der Waals surface area contributed by atoms with Crippen LogP contribution in [0.15, 0.2) is 4.99 Å². The minimum Gasteiger partial charge on any atom is -0.479 e. The molecule has 0 aromatic carbocycles. The average molecular weight is 145 g/mol. The van der Waals surface area contributed by atoms with Gasteiger partial charge in [-0.15, -0.1) is 11.8 Å². The summed E-state index contributed by atoms with van der Waals surface area (Å²) in [6.45, 7) is 1.62. The van der Waals surface area contributed by atoms with E-state index >= 15 is 0 Å². The topological polar surface area (TPSA) is 49.7 Å². The summed E-state index contributed by atoms with van der Waals surface area (Å²) in [4.78, 5) is 14.2. The van der Waals surface area contributed by atoms with Crippen LogP contribution in [0.3, 0.4) is 0 Å². The van der Waals surface area contributed by atoms with Crippen LogP contribution in [0.1, 0.15) is 6.92 Å². The van der Waals surface area contributed by atoms with Gasteiger partial charge < -0.3 is 5.11 Å². The van der Waals surface area contributed by atoms with Crippen LogP contribution in [0.5, 0.6) is 0 Å². The summed E-state index contributed by atoms with van der Waals surface area (Å²) in [5.41, 5.74) is 0.735. The van der Waals surface area contributed by atoms with Crippen LogP contribution in [0.4, 0.5) is 0 Å². The molecule has 1 heterocycles. The van der Waals surface area contributed by atoms with Crippen LogP contribution in [0, 0.1) is 0 Å². The summed E-state index contributed by atoms with van der Waals surface area (Å²) >= 11 is 1.44. The molecule has 0 aromatic heterocycles. The van der Waals surface area contributed by atoms with E-state index in [2.05, 4.69) is 4.99 Å². The highest BCUT2D eigenvalue weighted by molar-refractivity contribution is 8.12. The van der Waals surface area contributed by atoms with E-state index < -0.39 is 11.5 Å². The van der Waals surface area contributed by atoms with Gasteiger partial charge in [-0.25, -0.2) is 4.79 Å². The molecule has 1 unspecified atom stereocenters. The first-order valence-electron chi connectivity index (χ1n) is 2.54. The Kier molecular flexibility index (Phi) is 1.48. The average Bonchev–Trinajstić information content (AvgIpc) is 2.16. The summed E-state index contributed by atoms with van der Waals surface area (Å²) in [5, 5.41) is 8.55. The largest absolute Gasteiger partial charge is 0.479 e. The first kappa shape index (κ1) is 6.61. The number of hydrogen-bond donors (Lipinski definition) is 1. The molecule has 0 fully saturated rings. The van der Waals surface area contributed by atoms with Crippen molar-refractivity contribution in [1.82, 2.24) is 0 Å². The van der Waals surface area contributed by atoms with Crippen molar-refractivity contribution < 1.29 is 9.90 Å². The van der Waals surface area contributed by atoms with Crippen molar-refractivity contribution in [3.63, 3.8) is 0 Å². The Hall–Kier alpha value is -0.510. The van der Waals surface area contributed by atoms with Crippen molar-refractivity contribution in [2.45, 2.75) is 12.5 Å². The maximum atomic E-state index is 10.4. The molecule has 1 aliphatic rings. The van der Waals surface area contributed by atoms with Gasteiger partial charge in [0.1, 0.15) is 0 Å². The predicted molar refractivity (Wildman–Crippen MR) is 37.0 cm³/mol. The Balaban J connectivity index is 2.74. The van der Waals surface area contributed by atoms with Gasteiger partial charge in [-0.1, -0.05) is 0 Å². The Labute approximate surface area is 57.2 Å². The molecule has 1 N–H and O–H groups in total. The SMILES string of the molecule is CC1(C(=O)O)CSC=N1. The van der Waals surface area contributed by atoms with E-state index in [-0.39, 0.29) is 0 Å². The second-order valence-corrected chi connectivity index (χ2v) is 2.96. The summed E-state index contributed by atoms with van der Waals surface area (Å²) in [6, 6.07) is 0. The smallest absolute Gasteiger partial charge is 0.332 e. The van der Waals surface area contributed by atoms with Gasteiger partial charge in [0.25, 0.3) is 0 Å². The number of nitrogens with zero attached hydrogens (tertiary/aromatic N) is 1. The molecule has 4 heteroatoms. The lowest BCUT2D eigenvalue weighted by Crippen LogP contribution is -2.33. The van der Waals surface area contributed by atoms with E-state index in [0.717, 1.165) is 0 Å². The first-order valence-corrected chi connectivity index (χ1v) is 3.59. The van der Waals surface area contributed by atoms with Gasteiger partial charge in [0, 0.05) is 5.75 Å². The van der Waals surface area contributed by atoms with Gasteiger partial charge in [-0.05, 0) is 6.92 Å². The normalized spacial score (nSPS) is 33.0. The molecule has 0 saturated heterocycles. The van der Waals surface area contributed by atoms with Crippen LogP contribution in [0.2, 0.25) is 0 Å². The summed E-state index contributed by atoms with van der Waals surface area (Å²) < 4.78 is 0. The summed E-state index contributed by atoms with van der Waals surface area (Å²) in [7, 11) is 0. The van der Waals surface area contributed by atoms with Crippen LogP contribution < -0.4 is 0 Å². The van der Waals surface area contributed by atoms with Gasteiger partial charge in [-0.3, -0.25) is 4.99 Å². The molecule has 0 spiro atoms. The molecular weight excluding hydrogens is 138 g/mol. The van der Waals surface area contributed by atoms with Gasteiger partial charge in [0.05, 0.1) is 5.55 Å². The number of rotatable bonds is 1. The van der Waals surface area contributed by atoms with Crippen LogP contribution in [-0.4, -0.2) is 27.9 Å². The number of aliphatic carboxylic acids is 1. The zero-order valence-electron chi connectivity index (χ0n) is 5.00. The van der Waals surface area contributed by atoms with Crippen molar-refractivity contribution in [2.24, 2.45) is 4.99 Å². The Morgan fingerprint density at radius 3 is 2.89 bits per heavy atom. The van der Waals surface area contributed by atoms with E-state index in [9.17, 15) is 4.79 Å². The molecule has 9 heavy (non-hydrogen) atoms. The fraction of sp³-hybridized carbons (Fsp3) is 0.600. The number of aliphatic imine (C=N–C) groups is 1. The maximum Gasteiger partial charge on any atom is 0.332 e. The zero-order valence-corrected chi connectivity index (χ0v) is 5.81. The van der Waals surface area contributed by atoms with Crippen molar-refractivity contribution in [3.05, 3.63) is 0 Å². The molecule has 0 saturated carbocycles. The highest BCUT2D eigenvalue weighted by Gasteiger charge is 2.34. The van der Waals surface area contributed by atoms with E-state index in [1.54, 1.807) is 12.5 Å². The Bertz CT molecular complexity index is 168. The molecule has 0 radical (unpaired) electrons. The van der Waals surface area contributed by atoms with Crippen LogP contribution >= 0.6 is 11.8 Å². The number of thioether (sulfide) groups is 1. The zero-order chi connectivity index (χ0) is 6.91. The van der Waals surface area contributed by atoms with Crippen molar-refractivity contribution in [3.8, 4) is 0 Å². The Morgan fingerprint density at radius 1 is 2.00 bits per heavy atom. The van der Waals surface area contributed by atoms with E-state index in [1.165, 1.54) is 11.8 Å². The number of carboxylic acids is 1. The molecule has 1 atom stereocenters. The van der Waals surface area contributed by atoms with Gasteiger partial charge in [-0.2, -0.15) is 0 Å². The highest BCUT2D eigenvalue weighted by Crippen LogP contribution is 2.22. The van der Waals surface area contributed by atoms with E-state index in [0.29, 0.717) is 5.75 Å². The third kappa shape index (κ3) is 1.08. The molecular formula is C5H7NO2S. The van der Waals surface area contributed by atoms with Gasteiger partial charge in [0.15, 0.2) is 5.54 Å². The number of carbonyl (C=O) groups is 1. The lowest BCUT2D eigenvalue weighted by molar-refractivity contribution is -0.141.